The van der Waals surface area contributed by atoms with Crippen LogP contribution in [0.1, 0.15) is 43.6 Å². The van der Waals surface area contributed by atoms with Gasteiger partial charge >= 0.3 is 0 Å². The average Bonchev–Trinajstić information content (AvgIpc) is 2.30. The van der Waals surface area contributed by atoms with E-state index in [0.717, 1.165) is 23.3 Å². The first-order valence-corrected chi connectivity index (χ1v) is 6.87. The van der Waals surface area contributed by atoms with Crippen LogP contribution in [0.4, 0.5) is 4.39 Å². The van der Waals surface area contributed by atoms with Gasteiger partial charge in [0, 0.05) is 4.90 Å². The second kappa shape index (κ2) is 5.02. The fraction of sp³-hybridized carbons (Fsp3) is 0.538. The fourth-order valence-corrected chi connectivity index (χ4v) is 2.80. The van der Waals surface area contributed by atoms with Crippen LogP contribution >= 0.6 is 11.8 Å². The monoisotopic (exact) mass is 224 g/mol. The van der Waals surface area contributed by atoms with Crippen molar-refractivity contribution in [3.05, 3.63) is 29.6 Å². The number of thioether (sulfide) groups is 1. The Kier molecular flexibility index (Phi) is 3.68. The molecule has 1 saturated carbocycles. The van der Waals surface area contributed by atoms with E-state index in [1.807, 2.05) is 18.4 Å². The normalized spacial score (nSPS) is 18.0. The highest BCUT2D eigenvalue weighted by Gasteiger charge is 2.18. The van der Waals surface area contributed by atoms with Gasteiger partial charge in [0.1, 0.15) is 5.82 Å². The Hall–Kier alpha value is -0.500. The molecule has 0 amide bonds. The van der Waals surface area contributed by atoms with Crippen LogP contribution in [0.25, 0.3) is 0 Å². The van der Waals surface area contributed by atoms with Gasteiger partial charge in [-0.1, -0.05) is 25.3 Å². The van der Waals surface area contributed by atoms with Crippen LogP contribution in [0.15, 0.2) is 23.1 Å². The summed E-state index contributed by atoms with van der Waals surface area (Å²) in [7, 11) is 0. The molecular formula is C13H17FS. The summed E-state index contributed by atoms with van der Waals surface area (Å²) in [6.45, 7) is 0. The second-order valence-corrected chi connectivity index (χ2v) is 5.10. The number of halogens is 1. The quantitative estimate of drug-likeness (QED) is 0.662. The van der Waals surface area contributed by atoms with Crippen molar-refractivity contribution in [2.24, 2.45) is 0 Å². The van der Waals surface area contributed by atoms with E-state index in [2.05, 4.69) is 0 Å². The third kappa shape index (κ3) is 2.54. The van der Waals surface area contributed by atoms with Gasteiger partial charge in [-0.05, 0) is 42.7 Å². The summed E-state index contributed by atoms with van der Waals surface area (Å²) in [5.41, 5.74) is 0.938. The maximum atomic E-state index is 13.8. The maximum Gasteiger partial charge on any atom is 0.127 e. The van der Waals surface area contributed by atoms with Crippen molar-refractivity contribution in [1.29, 1.82) is 0 Å². The molecule has 1 fully saturated rings. The van der Waals surface area contributed by atoms with E-state index in [4.69, 9.17) is 0 Å². The van der Waals surface area contributed by atoms with Gasteiger partial charge < -0.3 is 0 Å². The van der Waals surface area contributed by atoms with Crippen LogP contribution in [0.5, 0.6) is 0 Å². The molecule has 0 unspecified atom stereocenters. The molecule has 0 atom stereocenters. The summed E-state index contributed by atoms with van der Waals surface area (Å²) < 4.78 is 13.8. The van der Waals surface area contributed by atoms with E-state index < -0.39 is 0 Å². The van der Waals surface area contributed by atoms with E-state index in [1.54, 1.807) is 17.8 Å². The van der Waals surface area contributed by atoms with Crippen molar-refractivity contribution in [3.8, 4) is 0 Å². The summed E-state index contributed by atoms with van der Waals surface area (Å²) in [6.07, 6.45) is 8.14. The van der Waals surface area contributed by atoms with Crippen LogP contribution < -0.4 is 0 Å². The Bertz CT molecular complexity index is 329. The molecular weight excluding hydrogens is 207 g/mol. The van der Waals surface area contributed by atoms with E-state index in [9.17, 15) is 4.39 Å². The number of benzene rings is 1. The molecule has 2 rings (SSSR count). The van der Waals surface area contributed by atoms with Crippen molar-refractivity contribution in [2.45, 2.75) is 42.9 Å². The molecule has 1 aliphatic carbocycles. The molecule has 0 aromatic heterocycles. The maximum absolute atomic E-state index is 13.8. The third-order valence-electron chi connectivity index (χ3n) is 3.25. The molecule has 2 heteroatoms. The number of rotatable bonds is 2. The Morgan fingerprint density at radius 3 is 2.53 bits per heavy atom. The number of hydrogen-bond donors (Lipinski definition) is 0. The number of hydrogen-bond acceptors (Lipinski definition) is 1. The molecule has 0 bridgehead atoms. The first kappa shape index (κ1) is 11.0. The zero-order valence-corrected chi connectivity index (χ0v) is 9.95. The van der Waals surface area contributed by atoms with Crippen molar-refractivity contribution in [3.63, 3.8) is 0 Å². The fourth-order valence-electron chi connectivity index (χ4n) is 2.38. The van der Waals surface area contributed by atoms with Gasteiger partial charge in [-0.2, -0.15) is 0 Å². The molecule has 0 radical (unpaired) electrons. The van der Waals surface area contributed by atoms with Crippen LogP contribution in [0.3, 0.4) is 0 Å². The topological polar surface area (TPSA) is 0 Å². The minimum absolute atomic E-state index is 0.00579. The molecule has 0 heterocycles. The molecule has 0 nitrogen and oxygen atoms in total. The summed E-state index contributed by atoms with van der Waals surface area (Å²) in [6, 6.07) is 5.70. The van der Waals surface area contributed by atoms with Gasteiger partial charge in [-0.15, -0.1) is 11.8 Å². The molecule has 0 saturated heterocycles. The van der Waals surface area contributed by atoms with Gasteiger partial charge in [0.2, 0.25) is 0 Å². The van der Waals surface area contributed by atoms with Crippen LogP contribution in [-0.4, -0.2) is 6.26 Å². The van der Waals surface area contributed by atoms with Gasteiger partial charge in [-0.3, -0.25) is 0 Å². The minimum atomic E-state index is -0.00579. The first-order valence-electron chi connectivity index (χ1n) is 5.64. The van der Waals surface area contributed by atoms with Crippen LogP contribution in [0, 0.1) is 5.82 Å². The lowest BCUT2D eigenvalue weighted by molar-refractivity contribution is 0.429. The lowest BCUT2D eigenvalue weighted by Crippen LogP contribution is -2.06. The molecule has 1 aromatic carbocycles. The zero-order chi connectivity index (χ0) is 10.7. The highest BCUT2D eigenvalue weighted by Crippen LogP contribution is 2.34. The summed E-state index contributed by atoms with van der Waals surface area (Å²) in [5.74, 6) is 0.461. The van der Waals surface area contributed by atoms with Crippen molar-refractivity contribution in [2.75, 3.05) is 6.26 Å². The lowest BCUT2D eigenvalue weighted by atomic mass is 9.84. The molecule has 15 heavy (non-hydrogen) atoms. The van der Waals surface area contributed by atoms with Crippen molar-refractivity contribution in [1.82, 2.24) is 0 Å². The highest BCUT2D eigenvalue weighted by molar-refractivity contribution is 7.98. The Balaban J connectivity index is 2.19. The Morgan fingerprint density at radius 2 is 1.93 bits per heavy atom. The Labute approximate surface area is 95.3 Å². The molecule has 1 aromatic rings. The molecule has 0 aliphatic heterocycles. The van der Waals surface area contributed by atoms with E-state index in [0.29, 0.717) is 5.92 Å². The average molecular weight is 224 g/mol. The lowest BCUT2D eigenvalue weighted by Gasteiger charge is -2.22. The standard InChI is InChI=1S/C13H17FS/c1-15-11-7-8-12(13(14)9-11)10-5-3-2-4-6-10/h7-10H,2-6H2,1H3. The first-order chi connectivity index (χ1) is 7.31. The smallest absolute Gasteiger partial charge is 0.127 e. The third-order valence-corrected chi connectivity index (χ3v) is 3.98. The molecule has 1 aliphatic rings. The van der Waals surface area contributed by atoms with Gasteiger partial charge in [-0.25, -0.2) is 4.39 Å². The van der Waals surface area contributed by atoms with E-state index in [1.165, 1.54) is 19.3 Å². The molecule has 82 valence electrons. The Morgan fingerprint density at radius 1 is 1.20 bits per heavy atom. The predicted molar refractivity (Wildman–Crippen MR) is 64.0 cm³/mol. The van der Waals surface area contributed by atoms with E-state index in [-0.39, 0.29) is 5.82 Å². The van der Waals surface area contributed by atoms with Crippen LogP contribution in [-0.2, 0) is 0 Å². The van der Waals surface area contributed by atoms with Gasteiger partial charge in [0.05, 0.1) is 0 Å². The van der Waals surface area contributed by atoms with Gasteiger partial charge in [0.15, 0.2) is 0 Å². The highest BCUT2D eigenvalue weighted by atomic mass is 32.2. The van der Waals surface area contributed by atoms with Crippen molar-refractivity contribution >= 4 is 11.8 Å². The summed E-state index contributed by atoms with van der Waals surface area (Å²) in [5, 5.41) is 0. The SMILES string of the molecule is CSc1ccc(C2CCCCC2)c(F)c1. The minimum Gasteiger partial charge on any atom is -0.207 e. The largest absolute Gasteiger partial charge is 0.207 e. The summed E-state index contributed by atoms with van der Waals surface area (Å²) in [4.78, 5) is 1.02. The van der Waals surface area contributed by atoms with Gasteiger partial charge in [0.25, 0.3) is 0 Å². The van der Waals surface area contributed by atoms with Crippen LogP contribution in [0.2, 0.25) is 0 Å². The predicted octanol–water partition coefficient (Wildman–Crippen LogP) is 4.60. The molecule has 0 N–H and O–H groups in total. The van der Waals surface area contributed by atoms with Crippen molar-refractivity contribution < 1.29 is 4.39 Å². The molecule has 0 spiro atoms. The second-order valence-electron chi connectivity index (χ2n) is 4.22. The summed E-state index contributed by atoms with van der Waals surface area (Å²) >= 11 is 1.60. The van der Waals surface area contributed by atoms with E-state index >= 15 is 0 Å². The zero-order valence-electron chi connectivity index (χ0n) is 9.13.